The first-order valence-corrected chi connectivity index (χ1v) is 18.8. The number of aromatic nitrogens is 1. The summed E-state index contributed by atoms with van der Waals surface area (Å²) in [5, 5.41) is 0.453. The Bertz CT molecular complexity index is 1980. The molecule has 7 rings (SSSR count). The van der Waals surface area contributed by atoms with Gasteiger partial charge in [-0.2, -0.15) is 0 Å². The molecule has 1 saturated heterocycles. The van der Waals surface area contributed by atoms with E-state index in [4.69, 9.17) is 25.8 Å². The number of aldehydes is 1. The molecule has 0 radical (unpaired) electrons. The number of nitrogens with zero attached hydrogens (tertiary/aromatic N) is 3. The summed E-state index contributed by atoms with van der Waals surface area (Å²) in [5.41, 5.74) is 8.88. The minimum absolute atomic E-state index is 0.416. The number of carbonyl (C=O) groups is 1. The normalized spacial score (nSPS) is 14.9. The molecule has 272 valence electrons. The van der Waals surface area contributed by atoms with Crippen molar-refractivity contribution in [3.63, 3.8) is 0 Å². The van der Waals surface area contributed by atoms with E-state index in [0.717, 1.165) is 79.5 Å². The molecule has 53 heavy (non-hydrogen) atoms. The fourth-order valence-corrected chi connectivity index (χ4v) is 6.99. The van der Waals surface area contributed by atoms with Crippen LogP contribution >= 0.6 is 11.6 Å². The summed E-state index contributed by atoms with van der Waals surface area (Å²) < 4.78 is 18.0. The summed E-state index contributed by atoms with van der Waals surface area (Å²) in [6.07, 6.45) is 7.63. The first-order valence-electron chi connectivity index (χ1n) is 18.5. The zero-order valence-electron chi connectivity index (χ0n) is 30.5. The van der Waals surface area contributed by atoms with Crippen molar-refractivity contribution in [3.05, 3.63) is 153 Å². The van der Waals surface area contributed by atoms with E-state index in [-0.39, 0.29) is 0 Å². The molecule has 2 aliphatic rings. The number of aryl methyl sites for hydroxylation is 2. The Morgan fingerprint density at radius 3 is 2.17 bits per heavy atom. The zero-order valence-corrected chi connectivity index (χ0v) is 31.2. The standard InChI is InChI=1S/C45H46ClN3O4/c1-32-3-5-36(6-4-32)31-52-41-17-18-44(47-29-41)53-45-33(2)27-39(28-42(45)46)43(19-25-50)49-23-21-48(22-24-49)30-35-9-7-34(8-10-35)20-26-51-40-15-13-38(14-16-40)37-11-12-37/h3-10,13-19,25,27-29,37H,11-12,20-24,26,30-31H2,1-2H3/b43-19+. The van der Waals surface area contributed by atoms with E-state index in [1.807, 2.05) is 25.1 Å². The first-order chi connectivity index (χ1) is 25.9. The van der Waals surface area contributed by atoms with Crippen LogP contribution in [0.3, 0.4) is 0 Å². The Morgan fingerprint density at radius 1 is 0.811 bits per heavy atom. The number of halogens is 1. The van der Waals surface area contributed by atoms with Gasteiger partial charge in [-0.25, -0.2) is 4.98 Å². The number of hydrogen-bond donors (Lipinski definition) is 0. The second-order valence-corrected chi connectivity index (χ2v) is 14.4. The fraction of sp³-hybridized carbons (Fsp3) is 0.289. The lowest BCUT2D eigenvalue weighted by molar-refractivity contribution is -0.104. The molecule has 5 aromatic rings. The van der Waals surface area contributed by atoms with Gasteiger partial charge in [0, 0.05) is 57.0 Å². The Morgan fingerprint density at radius 2 is 1.51 bits per heavy atom. The van der Waals surface area contributed by atoms with Gasteiger partial charge >= 0.3 is 0 Å². The lowest BCUT2D eigenvalue weighted by Crippen LogP contribution is -2.45. The van der Waals surface area contributed by atoms with Crippen molar-refractivity contribution in [1.82, 2.24) is 14.8 Å². The number of pyridine rings is 1. The molecular weight excluding hydrogens is 682 g/mol. The molecule has 0 amide bonds. The summed E-state index contributed by atoms with van der Waals surface area (Å²) in [4.78, 5) is 20.9. The third kappa shape index (κ3) is 9.86. The van der Waals surface area contributed by atoms with Crippen molar-refractivity contribution in [2.75, 3.05) is 32.8 Å². The number of rotatable bonds is 15. The monoisotopic (exact) mass is 727 g/mol. The maximum Gasteiger partial charge on any atom is 0.219 e. The second-order valence-electron chi connectivity index (χ2n) is 14.0. The van der Waals surface area contributed by atoms with Gasteiger partial charge in [0.1, 0.15) is 24.4 Å². The molecular formula is C45H46ClN3O4. The minimum atomic E-state index is 0.416. The van der Waals surface area contributed by atoms with E-state index in [2.05, 4.69) is 94.5 Å². The number of benzene rings is 4. The zero-order chi connectivity index (χ0) is 36.6. The highest BCUT2D eigenvalue weighted by Crippen LogP contribution is 2.40. The van der Waals surface area contributed by atoms with Gasteiger partial charge in [0.25, 0.3) is 0 Å². The van der Waals surface area contributed by atoms with Gasteiger partial charge in [-0.3, -0.25) is 9.69 Å². The third-order valence-corrected chi connectivity index (χ3v) is 10.2. The maximum atomic E-state index is 11.8. The van der Waals surface area contributed by atoms with Crippen molar-refractivity contribution >= 4 is 23.6 Å². The molecule has 7 nitrogen and oxygen atoms in total. The number of ether oxygens (including phenoxy) is 3. The highest BCUT2D eigenvalue weighted by molar-refractivity contribution is 6.32. The topological polar surface area (TPSA) is 64.1 Å². The predicted octanol–water partition coefficient (Wildman–Crippen LogP) is 9.58. The van der Waals surface area contributed by atoms with E-state index in [1.165, 1.54) is 35.1 Å². The molecule has 2 fully saturated rings. The molecule has 1 aromatic heterocycles. The quantitative estimate of drug-likeness (QED) is 0.0786. The highest BCUT2D eigenvalue weighted by atomic mass is 35.5. The van der Waals surface area contributed by atoms with E-state index >= 15 is 0 Å². The van der Waals surface area contributed by atoms with Crippen LogP contribution in [0.1, 0.15) is 57.7 Å². The molecule has 1 aliphatic heterocycles. The van der Waals surface area contributed by atoms with E-state index in [1.54, 1.807) is 18.3 Å². The van der Waals surface area contributed by atoms with Gasteiger partial charge in [0.05, 0.1) is 17.8 Å². The van der Waals surface area contributed by atoms with Crippen LogP contribution in [-0.2, 0) is 24.4 Å². The van der Waals surface area contributed by atoms with Crippen LogP contribution in [-0.4, -0.2) is 53.9 Å². The van der Waals surface area contributed by atoms with Gasteiger partial charge in [0.2, 0.25) is 5.88 Å². The Kier molecular flexibility index (Phi) is 11.7. The van der Waals surface area contributed by atoms with Gasteiger partial charge in [0.15, 0.2) is 5.75 Å². The van der Waals surface area contributed by atoms with Crippen LogP contribution in [0.4, 0.5) is 0 Å². The molecule has 8 heteroatoms. The van der Waals surface area contributed by atoms with Crippen LogP contribution in [0.15, 0.2) is 109 Å². The van der Waals surface area contributed by atoms with Gasteiger partial charge in [-0.15, -0.1) is 0 Å². The van der Waals surface area contributed by atoms with Crippen molar-refractivity contribution in [2.45, 2.75) is 52.2 Å². The number of allylic oxidation sites excluding steroid dienone is 1. The summed E-state index contributed by atoms with van der Waals surface area (Å²) in [5.74, 6) is 3.31. The van der Waals surface area contributed by atoms with Crippen LogP contribution in [0.5, 0.6) is 23.1 Å². The van der Waals surface area contributed by atoms with Crippen LogP contribution < -0.4 is 14.2 Å². The maximum absolute atomic E-state index is 11.8. The lowest BCUT2D eigenvalue weighted by atomic mass is 10.1. The molecule has 2 heterocycles. The molecule has 0 bridgehead atoms. The summed E-state index contributed by atoms with van der Waals surface area (Å²) in [7, 11) is 0. The van der Waals surface area contributed by atoms with Crippen molar-refractivity contribution in [3.8, 4) is 23.1 Å². The Balaban J connectivity index is 0.888. The molecule has 1 saturated carbocycles. The van der Waals surface area contributed by atoms with Crippen molar-refractivity contribution in [2.24, 2.45) is 0 Å². The lowest BCUT2D eigenvalue weighted by Gasteiger charge is -2.37. The highest BCUT2D eigenvalue weighted by Gasteiger charge is 2.23. The van der Waals surface area contributed by atoms with Gasteiger partial charge in [-0.1, -0.05) is 77.8 Å². The van der Waals surface area contributed by atoms with Gasteiger partial charge < -0.3 is 19.1 Å². The Hall–Kier alpha value is -5.11. The number of carbonyl (C=O) groups excluding carboxylic acids is 1. The van der Waals surface area contributed by atoms with Crippen molar-refractivity contribution < 1.29 is 19.0 Å². The minimum Gasteiger partial charge on any atom is -0.493 e. The average Bonchev–Trinajstić information content (AvgIpc) is 4.03. The molecule has 0 unspecified atom stereocenters. The molecule has 0 spiro atoms. The molecule has 1 aliphatic carbocycles. The number of hydrogen-bond acceptors (Lipinski definition) is 7. The smallest absolute Gasteiger partial charge is 0.219 e. The van der Waals surface area contributed by atoms with Crippen LogP contribution in [0.2, 0.25) is 5.02 Å². The van der Waals surface area contributed by atoms with Gasteiger partial charge in [-0.05, 0) is 96.3 Å². The van der Waals surface area contributed by atoms with E-state index in [9.17, 15) is 4.79 Å². The summed E-state index contributed by atoms with van der Waals surface area (Å²) in [6.45, 7) is 9.39. The first kappa shape index (κ1) is 36.3. The average molecular weight is 728 g/mol. The van der Waals surface area contributed by atoms with E-state index < -0.39 is 0 Å². The molecule has 4 aromatic carbocycles. The van der Waals surface area contributed by atoms with Crippen molar-refractivity contribution in [1.29, 1.82) is 0 Å². The summed E-state index contributed by atoms with van der Waals surface area (Å²) in [6, 6.07) is 33.2. The fourth-order valence-electron chi connectivity index (χ4n) is 6.68. The van der Waals surface area contributed by atoms with E-state index in [0.29, 0.717) is 35.6 Å². The molecule has 0 atom stereocenters. The largest absolute Gasteiger partial charge is 0.493 e. The number of piperazine rings is 1. The second kappa shape index (κ2) is 17.1. The molecule has 0 N–H and O–H groups in total. The third-order valence-electron chi connectivity index (χ3n) is 9.92. The summed E-state index contributed by atoms with van der Waals surface area (Å²) >= 11 is 6.80. The van der Waals surface area contributed by atoms with Crippen LogP contribution in [0, 0.1) is 13.8 Å². The Labute approximate surface area is 317 Å². The predicted molar refractivity (Wildman–Crippen MR) is 211 cm³/mol. The van der Waals surface area contributed by atoms with Crippen LogP contribution in [0.25, 0.3) is 5.70 Å². The SMILES string of the molecule is Cc1ccc(COc2ccc(Oc3c(C)cc(/C(=C\C=O)N4CCN(Cc5ccc(CCOc6ccc(C7CC7)cc6)cc5)CC4)cc3Cl)nc2)cc1.